The second-order valence-electron chi connectivity index (χ2n) is 3.87. The van der Waals surface area contributed by atoms with E-state index in [0.29, 0.717) is 11.0 Å². The lowest BCUT2D eigenvalue weighted by atomic mass is 9.89. The predicted molar refractivity (Wildman–Crippen MR) is 64.2 cm³/mol. The number of allylic oxidation sites excluding steroid dienone is 2. The fourth-order valence-electron chi connectivity index (χ4n) is 0.921. The molecular weight excluding hydrogens is 196 g/mol. The van der Waals surface area contributed by atoms with Gasteiger partial charge in [-0.2, -0.15) is 0 Å². The summed E-state index contributed by atoms with van der Waals surface area (Å²) in [6, 6.07) is 0. The number of hydrazine groups is 1. The van der Waals surface area contributed by atoms with Crippen LogP contribution in [0.2, 0.25) is 0 Å². The van der Waals surface area contributed by atoms with E-state index < -0.39 is 0 Å². The van der Waals surface area contributed by atoms with E-state index in [9.17, 15) is 0 Å². The molecule has 3 heteroatoms. The first kappa shape index (κ1) is 13.7. The van der Waals surface area contributed by atoms with E-state index in [0.717, 1.165) is 6.54 Å². The molecule has 0 rings (SSSR count). The summed E-state index contributed by atoms with van der Waals surface area (Å²) >= 11 is 5.69. The summed E-state index contributed by atoms with van der Waals surface area (Å²) in [6.07, 6.45) is 3.86. The normalized spacial score (nSPS) is 16.1. The zero-order valence-electron chi connectivity index (χ0n) is 9.52. The molecule has 0 aromatic heterocycles. The second kappa shape index (κ2) is 6.23. The summed E-state index contributed by atoms with van der Waals surface area (Å²) in [4.78, 5) is 0. The van der Waals surface area contributed by atoms with Crippen LogP contribution in [0.1, 0.15) is 27.7 Å². The molecule has 0 unspecified atom stereocenters. The van der Waals surface area contributed by atoms with E-state index >= 15 is 0 Å². The molecular formula is C11H21ClN2. The Labute approximate surface area is 92.4 Å². The Morgan fingerprint density at radius 3 is 2.50 bits per heavy atom. The number of rotatable bonds is 6. The smallest absolute Gasteiger partial charge is 0.0501 e. The van der Waals surface area contributed by atoms with Gasteiger partial charge in [0.15, 0.2) is 0 Å². The Hall–Kier alpha value is -0.310. The second-order valence-corrected chi connectivity index (χ2v) is 4.36. The Bertz CT molecular complexity index is 211. The maximum absolute atomic E-state index is 5.69. The van der Waals surface area contributed by atoms with Crippen molar-refractivity contribution < 1.29 is 0 Å². The van der Waals surface area contributed by atoms with Gasteiger partial charge < -0.3 is 0 Å². The van der Waals surface area contributed by atoms with Crippen molar-refractivity contribution in [2.45, 2.75) is 33.2 Å². The highest BCUT2D eigenvalue weighted by atomic mass is 35.5. The predicted octanol–water partition coefficient (Wildman–Crippen LogP) is 2.82. The zero-order chi connectivity index (χ0) is 11.2. The van der Waals surface area contributed by atoms with Gasteiger partial charge in [-0.15, -0.1) is 0 Å². The van der Waals surface area contributed by atoms with Gasteiger partial charge in [-0.3, -0.25) is 5.43 Å². The summed E-state index contributed by atoms with van der Waals surface area (Å²) in [5.41, 5.74) is 6.28. The summed E-state index contributed by atoms with van der Waals surface area (Å²) in [5.74, 6) is 0.466. The van der Waals surface area contributed by atoms with Gasteiger partial charge in [0, 0.05) is 11.6 Å². The molecule has 2 N–H and O–H groups in total. The first-order valence-electron chi connectivity index (χ1n) is 4.96. The van der Waals surface area contributed by atoms with Crippen LogP contribution in [0, 0.1) is 5.92 Å². The molecule has 0 aromatic carbocycles. The first-order valence-corrected chi connectivity index (χ1v) is 5.34. The third-order valence-corrected chi connectivity index (χ3v) is 2.47. The molecule has 2 nitrogen and oxygen atoms in total. The van der Waals surface area contributed by atoms with E-state index in [2.05, 4.69) is 45.1 Å². The fraction of sp³-hybridized carbons (Fsp3) is 0.636. The number of halogens is 1. The molecule has 0 heterocycles. The van der Waals surface area contributed by atoms with Gasteiger partial charge in [-0.25, -0.2) is 5.43 Å². The van der Waals surface area contributed by atoms with Crippen LogP contribution in [0.3, 0.4) is 0 Å². The highest BCUT2D eigenvalue weighted by Gasteiger charge is 2.23. The quantitative estimate of drug-likeness (QED) is 0.527. The van der Waals surface area contributed by atoms with Crippen molar-refractivity contribution in [3.63, 3.8) is 0 Å². The Morgan fingerprint density at radius 2 is 2.14 bits per heavy atom. The summed E-state index contributed by atoms with van der Waals surface area (Å²) in [6.45, 7) is 13.0. The van der Waals surface area contributed by atoms with Crippen molar-refractivity contribution in [3.05, 3.63) is 23.8 Å². The van der Waals surface area contributed by atoms with Crippen molar-refractivity contribution in [2.24, 2.45) is 5.92 Å². The Kier molecular flexibility index (Phi) is 6.09. The SMILES string of the molecule is C=C(Cl)/C=C\[C@@](C)(NNCC)C(C)C. The number of hydrogen-bond donors (Lipinski definition) is 2. The van der Waals surface area contributed by atoms with Crippen LogP contribution in [0.15, 0.2) is 23.8 Å². The van der Waals surface area contributed by atoms with Crippen LogP contribution in [-0.2, 0) is 0 Å². The van der Waals surface area contributed by atoms with Gasteiger partial charge in [-0.1, -0.05) is 45.0 Å². The van der Waals surface area contributed by atoms with Gasteiger partial charge in [-0.05, 0) is 18.9 Å². The fourth-order valence-corrected chi connectivity index (χ4v) is 0.984. The van der Waals surface area contributed by atoms with Gasteiger partial charge in [0.2, 0.25) is 0 Å². The average molecular weight is 217 g/mol. The topological polar surface area (TPSA) is 24.1 Å². The highest BCUT2D eigenvalue weighted by Crippen LogP contribution is 2.18. The third-order valence-electron chi connectivity index (χ3n) is 2.34. The average Bonchev–Trinajstić information content (AvgIpc) is 2.11. The standard InChI is InChI=1S/C11H21ClN2/c1-6-13-14-11(5,9(2)3)8-7-10(4)12/h7-9,13-14H,4,6H2,1-3,5H3/b8-7-/t11-/m1/s1. The number of hydrogen-bond acceptors (Lipinski definition) is 2. The lowest BCUT2D eigenvalue weighted by molar-refractivity contribution is 0.289. The minimum absolute atomic E-state index is 0.103. The monoisotopic (exact) mass is 216 g/mol. The van der Waals surface area contributed by atoms with Crippen molar-refractivity contribution >= 4 is 11.6 Å². The third kappa shape index (κ3) is 4.80. The van der Waals surface area contributed by atoms with Crippen LogP contribution in [0.5, 0.6) is 0 Å². The summed E-state index contributed by atoms with van der Waals surface area (Å²) in [7, 11) is 0. The summed E-state index contributed by atoms with van der Waals surface area (Å²) in [5, 5.41) is 0.551. The van der Waals surface area contributed by atoms with E-state index in [1.807, 2.05) is 12.2 Å². The molecule has 14 heavy (non-hydrogen) atoms. The van der Waals surface area contributed by atoms with Crippen LogP contribution in [-0.4, -0.2) is 12.1 Å². The maximum Gasteiger partial charge on any atom is 0.0501 e. The molecule has 1 atom stereocenters. The highest BCUT2D eigenvalue weighted by molar-refractivity contribution is 6.30. The molecule has 0 aliphatic heterocycles. The molecule has 0 bridgehead atoms. The molecule has 0 saturated carbocycles. The van der Waals surface area contributed by atoms with Crippen LogP contribution < -0.4 is 10.9 Å². The van der Waals surface area contributed by atoms with E-state index in [1.165, 1.54) is 0 Å². The molecule has 0 spiro atoms. The molecule has 0 aliphatic rings. The van der Waals surface area contributed by atoms with Crippen molar-refractivity contribution in [2.75, 3.05) is 6.54 Å². The molecule has 0 amide bonds. The summed E-state index contributed by atoms with van der Waals surface area (Å²) < 4.78 is 0. The molecule has 0 fully saturated rings. The minimum atomic E-state index is -0.103. The lowest BCUT2D eigenvalue weighted by Gasteiger charge is -2.32. The minimum Gasteiger partial charge on any atom is -0.257 e. The first-order chi connectivity index (χ1) is 6.42. The van der Waals surface area contributed by atoms with Crippen molar-refractivity contribution in [1.82, 2.24) is 10.9 Å². The molecule has 0 aromatic rings. The van der Waals surface area contributed by atoms with Gasteiger partial charge >= 0.3 is 0 Å². The molecule has 0 saturated heterocycles. The van der Waals surface area contributed by atoms with Gasteiger partial charge in [0.1, 0.15) is 0 Å². The Morgan fingerprint density at radius 1 is 1.57 bits per heavy atom. The van der Waals surface area contributed by atoms with Gasteiger partial charge in [0.05, 0.1) is 5.54 Å². The van der Waals surface area contributed by atoms with Gasteiger partial charge in [0.25, 0.3) is 0 Å². The van der Waals surface area contributed by atoms with Crippen molar-refractivity contribution in [3.8, 4) is 0 Å². The Balaban J connectivity index is 4.46. The van der Waals surface area contributed by atoms with Crippen LogP contribution >= 0.6 is 11.6 Å². The van der Waals surface area contributed by atoms with E-state index in [-0.39, 0.29) is 5.54 Å². The van der Waals surface area contributed by atoms with Crippen LogP contribution in [0.4, 0.5) is 0 Å². The van der Waals surface area contributed by atoms with E-state index in [1.54, 1.807) is 0 Å². The van der Waals surface area contributed by atoms with Crippen LogP contribution in [0.25, 0.3) is 0 Å². The number of nitrogens with one attached hydrogen (secondary N) is 2. The van der Waals surface area contributed by atoms with Crippen molar-refractivity contribution in [1.29, 1.82) is 0 Å². The molecule has 82 valence electrons. The molecule has 0 aliphatic carbocycles. The zero-order valence-corrected chi connectivity index (χ0v) is 10.3. The maximum atomic E-state index is 5.69. The largest absolute Gasteiger partial charge is 0.257 e. The molecule has 0 radical (unpaired) electrons. The van der Waals surface area contributed by atoms with E-state index in [4.69, 9.17) is 11.6 Å². The lowest BCUT2D eigenvalue weighted by Crippen LogP contribution is -2.52.